The number of carboxylic acid groups (broad SMARTS) is 1. The molecule has 2 N–H and O–H groups in total. The van der Waals surface area contributed by atoms with Gasteiger partial charge in [-0.2, -0.15) is 0 Å². The number of nitrogens with zero attached hydrogens (tertiary/aromatic N) is 4. The molecule has 0 aliphatic heterocycles. The zero-order valence-corrected chi connectivity index (χ0v) is 10.6. The second kappa shape index (κ2) is 5.35. The quantitative estimate of drug-likeness (QED) is 0.724. The van der Waals surface area contributed by atoms with Crippen LogP contribution in [0.15, 0.2) is 6.20 Å². The van der Waals surface area contributed by atoms with Gasteiger partial charge in [-0.15, -0.1) is 5.10 Å². The van der Waals surface area contributed by atoms with Gasteiger partial charge in [0.1, 0.15) is 6.54 Å². The third-order valence-corrected chi connectivity index (χ3v) is 3.22. The van der Waals surface area contributed by atoms with Gasteiger partial charge in [0.2, 0.25) is 5.91 Å². The first-order valence-electron chi connectivity index (χ1n) is 6.01. The van der Waals surface area contributed by atoms with E-state index >= 15 is 0 Å². The van der Waals surface area contributed by atoms with E-state index in [4.69, 9.17) is 5.11 Å². The topological polar surface area (TPSA) is 109 Å². The number of rotatable bonds is 5. The Hall–Kier alpha value is -1.96. The van der Waals surface area contributed by atoms with Crippen LogP contribution in [0.4, 0.5) is 0 Å². The van der Waals surface area contributed by atoms with Crippen LogP contribution < -0.4 is 0 Å². The minimum Gasteiger partial charge on any atom is -0.476 e. The zero-order valence-electron chi connectivity index (χ0n) is 10.6. The number of carboxylic acids is 1. The number of aliphatic hydroxyl groups is 1. The van der Waals surface area contributed by atoms with Crippen molar-refractivity contribution in [1.82, 2.24) is 19.9 Å². The number of hydrogen-bond donors (Lipinski definition) is 2. The molecule has 1 aliphatic rings. The molecule has 19 heavy (non-hydrogen) atoms. The van der Waals surface area contributed by atoms with Crippen LogP contribution in [-0.2, 0) is 11.3 Å². The molecule has 1 aromatic rings. The molecule has 0 radical (unpaired) electrons. The van der Waals surface area contributed by atoms with Crippen molar-refractivity contribution in [1.29, 1.82) is 0 Å². The lowest BCUT2D eigenvalue weighted by atomic mass is 9.82. The second-order valence-corrected chi connectivity index (χ2v) is 4.87. The number of carbonyl (C=O) groups excluding carboxylic acids is 1. The third kappa shape index (κ3) is 3.28. The van der Waals surface area contributed by atoms with Crippen LogP contribution in [0.2, 0.25) is 0 Å². The summed E-state index contributed by atoms with van der Waals surface area (Å²) in [6.07, 6.45) is 2.44. The van der Waals surface area contributed by atoms with Crippen molar-refractivity contribution < 1.29 is 19.8 Å². The van der Waals surface area contributed by atoms with Crippen LogP contribution in [0.3, 0.4) is 0 Å². The van der Waals surface area contributed by atoms with Gasteiger partial charge in [0.15, 0.2) is 5.69 Å². The number of aromatic nitrogens is 3. The van der Waals surface area contributed by atoms with Gasteiger partial charge in [-0.25, -0.2) is 9.48 Å². The molecule has 2 rings (SSSR count). The fourth-order valence-electron chi connectivity index (χ4n) is 2.07. The first-order valence-corrected chi connectivity index (χ1v) is 6.01. The normalized spacial score (nSPS) is 21.8. The number of likely N-dealkylation sites (N-methyl/N-ethyl adjacent to an activating group) is 1. The van der Waals surface area contributed by atoms with Gasteiger partial charge < -0.3 is 15.1 Å². The molecule has 1 amide bonds. The van der Waals surface area contributed by atoms with Crippen molar-refractivity contribution in [3.8, 4) is 0 Å². The maximum atomic E-state index is 11.9. The Morgan fingerprint density at radius 3 is 2.74 bits per heavy atom. The van der Waals surface area contributed by atoms with Crippen LogP contribution in [-0.4, -0.2) is 61.7 Å². The van der Waals surface area contributed by atoms with E-state index < -0.39 is 5.97 Å². The summed E-state index contributed by atoms with van der Waals surface area (Å²) in [4.78, 5) is 24.1. The largest absolute Gasteiger partial charge is 0.476 e. The molecule has 1 aliphatic carbocycles. The number of amides is 1. The average Bonchev–Trinajstić information content (AvgIpc) is 2.75. The van der Waals surface area contributed by atoms with Crippen molar-refractivity contribution in [3.05, 3.63) is 11.9 Å². The number of aromatic carboxylic acids is 1. The number of aliphatic hydroxyl groups excluding tert-OH is 1. The van der Waals surface area contributed by atoms with E-state index in [-0.39, 0.29) is 24.2 Å². The Balaban J connectivity index is 1.83. The highest BCUT2D eigenvalue weighted by atomic mass is 16.4. The lowest BCUT2D eigenvalue weighted by Crippen LogP contribution is -2.40. The lowest BCUT2D eigenvalue weighted by Gasteiger charge is -2.34. The van der Waals surface area contributed by atoms with Gasteiger partial charge >= 0.3 is 5.97 Å². The van der Waals surface area contributed by atoms with Gasteiger partial charge in [0, 0.05) is 13.6 Å². The van der Waals surface area contributed by atoms with Crippen LogP contribution in [0.1, 0.15) is 23.3 Å². The van der Waals surface area contributed by atoms with E-state index in [9.17, 15) is 14.7 Å². The maximum Gasteiger partial charge on any atom is 0.358 e. The molecule has 1 fully saturated rings. The molecule has 0 atom stereocenters. The van der Waals surface area contributed by atoms with Crippen LogP contribution in [0.5, 0.6) is 0 Å². The van der Waals surface area contributed by atoms with Gasteiger partial charge in [0.25, 0.3) is 0 Å². The average molecular weight is 268 g/mol. The van der Waals surface area contributed by atoms with Crippen molar-refractivity contribution >= 4 is 11.9 Å². The highest BCUT2D eigenvalue weighted by molar-refractivity contribution is 5.84. The molecule has 8 nitrogen and oxygen atoms in total. The molecule has 0 aromatic carbocycles. The van der Waals surface area contributed by atoms with Gasteiger partial charge in [0.05, 0.1) is 12.3 Å². The van der Waals surface area contributed by atoms with E-state index in [1.807, 2.05) is 0 Å². The maximum absolute atomic E-state index is 11.9. The summed E-state index contributed by atoms with van der Waals surface area (Å²) in [6.45, 7) is 0.558. The van der Waals surface area contributed by atoms with E-state index in [2.05, 4.69) is 10.3 Å². The second-order valence-electron chi connectivity index (χ2n) is 4.87. The van der Waals surface area contributed by atoms with Crippen LogP contribution in [0, 0.1) is 5.92 Å². The number of carbonyl (C=O) groups is 2. The Labute approximate surface area is 109 Å². The highest BCUT2D eigenvalue weighted by Crippen LogP contribution is 2.27. The first-order chi connectivity index (χ1) is 8.95. The summed E-state index contributed by atoms with van der Waals surface area (Å²) in [7, 11) is 1.68. The third-order valence-electron chi connectivity index (χ3n) is 3.22. The van der Waals surface area contributed by atoms with E-state index in [0.717, 1.165) is 12.8 Å². The molecule has 8 heteroatoms. The predicted octanol–water partition coefficient (Wildman–Crippen LogP) is -0.794. The van der Waals surface area contributed by atoms with Crippen LogP contribution >= 0.6 is 0 Å². The summed E-state index contributed by atoms with van der Waals surface area (Å²) in [5, 5.41) is 24.9. The number of hydrogen-bond acceptors (Lipinski definition) is 5. The first kappa shape index (κ1) is 13.5. The minimum absolute atomic E-state index is 0.0357. The lowest BCUT2D eigenvalue weighted by molar-refractivity contribution is -0.132. The molecule has 0 saturated heterocycles. The van der Waals surface area contributed by atoms with Crippen LogP contribution in [0.25, 0.3) is 0 Å². The van der Waals surface area contributed by atoms with Crippen molar-refractivity contribution in [2.75, 3.05) is 13.6 Å². The fraction of sp³-hybridized carbons (Fsp3) is 0.636. The molecule has 0 spiro atoms. The Kier molecular flexibility index (Phi) is 3.79. The summed E-state index contributed by atoms with van der Waals surface area (Å²) < 4.78 is 1.21. The monoisotopic (exact) mass is 268 g/mol. The minimum atomic E-state index is -1.17. The molecular formula is C11H16N4O4. The Morgan fingerprint density at radius 2 is 2.21 bits per heavy atom. The Morgan fingerprint density at radius 1 is 1.53 bits per heavy atom. The summed E-state index contributed by atoms with van der Waals surface area (Å²) in [5.41, 5.74) is -0.183. The van der Waals surface area contributed by atoms with E-state index in [1.54, 1.807) is 11.9 Å². The molecule has 1 saturated carbocycles. The molecule has 1 aromatic heterocycles. The summed E-state index contributed by atoms with van der Waals surface area (Å²) in [5.74, 6) is -0.993. The highest BCUT2D eigenvalue weighted by Gasteiger charge is 2.29. The SMILES string of the molecule is CN(CC1CC(O)C1)C(=O)Cn1cc(C(=O)O)nn1. The Bertz CT molecular complexity index is 481. The smallest absolute Gasteiger partial charge is 0.358 e. The standard InChI is InChI=1S/C11H16N4O4/c1-14(4-7-2-8(16)3-7)10(17)6-15-5-9(11(18)19)12-13-15/h5,7-8,16H,2-4,6H2,1H3,(H,18,19). The van der Waals surface area contributed by atoms with E-state index in [1.165, 1.54) is 10.9 Å². The molecular weight excluding hydrogens is 252 g/mol. The summed E-state index contributed by atoms with van der Waals surface area (Å²) >= 11 is 0. The molecule has 104 valence electrons. The van der Waals surface area contributed by atoms with Gasteiger partial charge in [-0.3, -0.25) is 4.79 Å². The van der Waals surface area contributed by atoms with Crippen molar-refractivity contribution in [3.63, 3.8) is 0 Å². The molecule has 0 unspecified atom stereocenters. The molecule has 1 heterocycles. The van der Waals surface area contributed by atoms with Crippen molar-refractivity contribution in [2.45, 2.75) is 25.5 Å². The van der Waals surface area contributed by atoms with Crippen molar-refractivity contribution in [2.24, 2.45) is 5.92 Å². The fourth-order valence-corrected chi connectivity index (χ4v) is 2.07. The summed E-state index contributed by atoms with van der Waals surface area (Å²) in [6, 6.07) is 0. The van der Waals surface area contributed by atoms with E-state index in [0.29, 0.717) is 12.5 Å². The van der Waals surface area contributed by atoms with Gasteiger partial charge in [-0.1, -0.05) is 5.21 Å². The molecule has 0 bridgehead atoms. The van der Waals surface area contributed by atoms with Gasteiger partial charge in [-0.05, 0) is 18.8 Å². The zero-order chi connectivity index (χ0) is 14.0. The predicted molar refractivity (Wildman–Crippen MR) is 63.3 cm³/mol.